The van der Waals surface area contributed by atoms with E-state index in [1.54, 1.807) is 0 Å². The van der Waals surface area contributed by atoms with Crippen LogP contribution in [0.2, 0.25) is 0 Å². The lowest BCUT2D eigenvalue weighted by atomic mass is 9.97. The fraction of sp³-hybridized carbons (Fsp3) is 0.375. The summed E-state index contributed by atoms with van der Waals surface area (Å²) in [5.74, 6) is -0.467. The fourth-order valence-electron chi connectivity index (χ4n) is 2.29. The number of hydrogen-bond acceptors (Lipinski definition) is 6. The summed E-state index contributed by atoms with van der Waals surface area (Å²) in [7, 11) is 0. The summed E-state index contributed by atoms with van der Waals surface area (Å²) in [6.07, 6.45) is 0.325. The zero-order valence-electron chi connectivity index (χ0n) is 13.1. The molecule has 0 aromatic heterocycles. The van der Waals surface area contributed by atoms with Gasteiger partial charge in [-0.3, -0.25) is 9.59 Å². The van der Waals surface area contributed by atoms with Crippen molar-refractivity contribution < 1.29 is 23.8 Å². The predicted molar refractivity (Wildman–Crippen MR) is 83.6 cm³/mol. The van der Waals surface area contributed by atoms with Crippen molar-refractivity contribution in [3.05, 3.63) is 58.2 Å². The molecule has 1 aromatic carbocycles. The lowest BCUT2D eigenvalue weighted by Crippen LogP contribution is -2.46. The molecule has 0 amide bonds. The standard InChI is InChI=1S/C16H17N3O5/c1-11(21)22-10-14-16(24-8-12-5-3-2-4-6-12)15(18-19-17)13(7-20)9-23-14/h2-7,9,14-16H,8,10H2,1H3/t14-,15+,16-/m1/s1. The van der Waals surface area contributed by atoms with Crippen LogP contribution in [-0.2, 0) is 30.4 Å². The third kappa shape index (κ3) is 4.58. The second kappa shape index (κ2) is 8.71. The van der Waals surface area contributed by atoms with E-state index >= 15 is 0 Å². The first kappa shape index (κ1) is 17.5. The van der Waals surface area contributed by atoms with Gasteiger partial charge >= 0.3 is 5.97 Å². The van der Waals surface area contributed by atoms with Crippen molar-refractivity contribution in [2.75, 3.05) is 6.61 Å². The minimum atomic E-state index is -0.856. The van der Waals surface area contributed by atoms with Crippen molar-refractivity contribution in [1.29, 1.82) is 0 Å². The summed E-state index contributed by atoms with van der Waals surface area (Å²) < 4.78 is 16.2. The van der Waals surface area contributed by atoms with E-state index in [2.05, 4.69) is 10.0 Å². The molecule has 126 valence electrons. The Kier molecular flexibility index (Phi) is 6.36. The van der Waals surface area contributed by atoms with Gasteiger partial charge in [0.25, 0.3) is 0 Å². The molecule has 0 N–H and O–H groups in total. The van der Waals surface area contributed by atoms with Gasteiger partial charge in [-0.05, 0) is 11.1 Å². The number of benzene rings is 1. The highest BCUT2D eigenvalue weighted by atomic mass is 16.6. The van der Waals surface area contributed by atoms with Crippen LogP contribution in [0.15, 0.2) is 47.3 Å². The summed E-state index contributed by atoms with van der Waals surface area (Å²) in [5, 5.41) is 3.64. The van der Waals surface area contributed by atoms with Gasteiger partial charge in [0.2, 0.25) is 0 Å². The molecule has 0 saturated heterocycles. The van der Waals surface area contributed by atoms with Crippen molar-refractivity contribution in [2.24, 2.45) is 5.11 Å². The first-order valence-electron chi connectivity index (χ1n) is 7.29. The maximum atomic E-state index is 11.2. The van der Waals surface area contributed by atoms with E-state index in [0.717, 1.165) is 5.56 Å². The van der Waals surface area contributed by atoms with Gasteiger partial charge in [-0.25, -0.2) is 0 Å². The molecule has 0 spiro atoms. The molecule has 8 heteroatoms. The van der Waals surface area contributed by atoms with Crippen LogP contribution >= 0.6 is 0 Å². The summed E-state index contributed by atoms with van der Waals surface area (Å²) in [4.78, 5) is 25.0. The Morgan fingerprint density at radius 1 is 1.42 bits per heavy atom. The van der Waals surface area contributed by atoms with Crippen LogP contribution in [0.4, 0.5) is 0 Å². The minimum absolute atomic E-state index is 0.0745. The van der Waals surface area contributed by atoms with Crippen molar-refractivity contribution in [3.63, 3.8) is 0 Å². The summed E-state index contributed by atoms with van der Waals surface area (Å²) >= 11 is 0. The average Bonchev–Trinajstić information content (AvgIpc) is 2.60. The molecule has 1 heterocycles. The first-order chi connectivity index (χ1) is 11.7. The van der Waals surface area contributed by atoms with Crippen LogP contribution in [0.3, 0.4) is 0 Å². The number of rotatable bonds is 7. The highest BCUT2D eigenvalue weighted by Crippen LogP contribution is 2.25. The molecule has 8 nitrogen and oxygen atoms in total. The molecule has 0 saturated carbocycles. The Morgan fingerprint density at radius 2 is 2.17 bits per heavy atom. The minimum Gasteiger partial charge on any atom is -0.491 e. The van der Waals surface area contributed by atoms with Crippen LogP contribution in [0.25, 0.3) is 10.4 Å². The van der Waals surface area contributed by atoms with E-state index in [-0.39, 0.29) is 18.8 Å². The highest BCUT2D eigenvalue weighted by Gasteiger charge is 2.38. The molecular weight excluding hydrogens is 314 g/mol. The molecular formula is C16H17N3O5. The number of carbonyl (C=O) groups is 2. The van der Waals surface area contributed by atoms with Gasteiger partial charge < -0.3 is 14.2 Å². The van der Waals surface area contributed by atoms with Gasteiger partial charge in [-0.15, -0.1) is 0 Å². The second-order valence-corrected chi connectivity index (χ2v) is 5.12. The molecule has 1 aromatic rings. The van der Waals surface area contributed by atoms with E-state index in [4.69, 9.17) is 19.7 Å². The lowest BCUT2D eigenvalue weighted by molar-refractivity contribution is -0.150. The number of aldehydes is 1. The third-order valence-corrected chi connectivity index (χ3v) is 3.45. The summed E-state index contributed by atoms with van der Waals surface area (Å²) in [6.45, 7) is 1.43. The number of hydrogen-bond donors (Lipinski definition) is 0. The van der Waals surface area contributed by atoms with Crippen LogP contribution in [0.1, 0.15) is 12.5 Å². The molecule has 1 aliphatic rings. The van der Waals surface area contributed by atoms with Crippen molar-refractivity contribution in [1.82, 2.24) is 0 Å². The van der Waals surface area contributed by atoms with E-state index in [0.29, 0.717) is 6.29 Å². The maximum absolute atomic E-state index is 11.2. The molecule has 2 rings (SSSR count). The van der Waals surface area contributed by atoms with E-state index < -0.39 is 24.2 Å². The van der Waals surface area contributed by atoms with Crippen LogP contribution in [0, 0.1) is 0 Å². The average molecular weight is 331 g/mol. The van der Waals surface area contributed by atoms with Gasteiger partial charge in [0, 0.05) is 17.4 Å². The highest BCUT2D eigenvalue weighted by molar-refractivity contribution is 5.75. The number of nitrogens with zero attached hydrogens (tertiary/aromatic N) is 3. The third-order valence-electron chi connectivity index (χ3n) is 3.45. The van der Waals surface area contributed by atoms with Crippen molar-refractivity contribution in [2.45, 2.75) is 31.8 Å². The zero-order valence-corrected chi connectivity index (χ0v) is 13.1. The molecule has 1 aliphatic heterocycles. The smallest absolute Gasteiger partial charge is 0.302 e. The predicted octanol–water partition coefficient (Wildman–Crippen LogP) is 2.30. The first-order valence-corrected chi connectivity index (χ1v) is 7.29. The summed E-state index contributed by atoms with van der Waals surface area (Å²) in [5.41, 5.74) is 9.85. The normalized spacial score (nSPS) is 22.5. The molecule has 0 fully saturated rings. The molecule has 0 bridgehead atoms. The number of esters is 1. The topological polar surface area (TPSA) is 111 Å². The second-order valence-electron chi connectivity index (χ2n) is 5.12. The number of azide groups is 1. The van der Waals surface area contributed by atoms with E-state index in [9.17, 15) is 9.59 Å². The van der Waals surface area contributed by atoms with Gasteiger partial charge in [0.15, 0.2) is 6.10 Å². The quantitative estimate of drug-likeness (QED) is 0.250. The summed E-state index contributed by atoms with van der Waals surface area (Å²) in [6, 6.07) is 8.52. The number of ether oxygens (including phenoxy) is 3. The van der Waals surface area contributed by atoms with Crippen LogP contribution in [-0.4, -0.2) is 37.1 Å². The molecule has 24 heavy (non-hydrogen) atoms. The Balaban J connectivity index is 2.18. The van der Waals surface area contributed by atoms with Gasteiger partial charge in [0.1, 0.15) is 19.0 Å². The molecule has 0 aliphatic carbocycles. The largest absolute Gasteiger partial charge is 0.491 e. The Labute approximate surface area is 138 Å². The van der Waals surface area contributed by atoms with Crippen LogP contribution in [0.5, 0.6) is 0 Å². The van der Waals surface area contributed by atoms with Crippen LogP contribution < -0.4 is 0 Å². The van der Waals surface area contributed by atoms with Crippen molar-refractivity contribution in [3.8, 4) is 0 Å². The van der Waals surface area contributed by atoms with Gasteiger partial charge in [0.05, 0.1) is 18.9 Å². The Bertz CT molecular complexity index is 655. The van der Waals surface area contributed by atoms with Gasteiger partial charge in [-0.1, -0.05) is 35.4 Å². The molecule has 0 radical (unpaired) electrons. The molecule has 0 unspecified atom stereocenters. The Morgan fingerprint density at radius 3 is 2.79 bits per heavy atom. The maximum Gasteiger partial charge on any atom is 0.302 e. The van der Waals surface area contributed by atoms with E-state index in [1.165, 1.54) is 13.2 Å². The Hall–Kier alpha value is -2.83. The fourth-order valence-corrected chi connectivity index (χ4v) is 2.29. The SMILES string of the molecule is CC(=O)OC[C@H]1OC=C(C=O)[C@H](N=[N+]=[N-])[C@@H]1OCc1ccccc1. The number of carbonyl (C=O) groups excluding carboxylic acids is 2. The zero-order chi connectivity index (χ0) is 17.4. The monoisotopic (exact) mass is 331 g/mol. The van der Waals surface area contributed by atoms with Crippen molar-refractivity contribution >= 4 is 12.3 Å². The lowest BCUT2D eigenvalue weighted by Gasteiger charge is -2.34. The van der Waals surface area contributed by atoms with E-state index in [1.807, 2.05) is 30.3 Å². The van der Waals surface area contributed by atoms with Gasteiger partial charge in [-0.2, -0.15) is 0 Å². The molecule has 3 atom stereocenters.